The van der Waals surface area contributed by atoms with Gasteiger partial charge in [0.1, 0.15) is 6.42 Å². The molecule has 14 heavy (non-hydrogen) atoms. The number of rotatable bonds is 2. The molecule has 0 N–H and O–H groups in total. The van der Waals surface area contributed by atoms with E-state index in [1.807, 2.05) is 6.07 Å². The van der Waals surface area contributed by atoms with Crippen LogP contribution in [-0.2, 0) is 4.79 Å². The smallest absolute Gasteiger partial charge is 0.240 e. The number of carbonyl (C=O) groups excluding carboxylic acids is 1. The van der Waals surface area contributed by atoms with Crippen molar-refractivity contribution >= 4 is 23.2 Å². The van der Waals surface area contributed by atoms with Crippen molar-refractivity contribution in [1.82, 2.24) is 0 Å². The molecule has 0 saturated carbocycles. The van der Waals surface area contributed by atoms with Crippen LogP contribution in [-0.4, -0.2) is 13.0 Å². The Morgan fingerprint density at radius 3 is 2.57 bits per heavy atom. The van der Waals surface area contributed by atoms with Crippen LogP contribution in [0, 0.1) is 11.3 Å². The second kappa shape index (κ2) is 4.64. The lowest BCUT2D eigenvalue weighted by molar-refractivity contribution is -0.117. The predicted molar refractivity (Wildman–Crippen MR) is 55.1 cm³/mol. The van der Waals surface area contributed by atoms with Gasteiger partial charge in [-0.15, -0.1) is 0 Å². The molecule has 0 bridgehead atoms. The summed E-state index contributed by atoms with van der Waals surface area (Å²) in [4.78, 5) is 12.7. The number of nitrogens with zero attached hydrogens (tertiary/aromatic N) is 2. The fourth-order valence-electron chi connectivity index (χ4n) is 0.995. The predicted octanol–water partition coefficient (Wildman–Crippen LogP) is 2.22. The highest BCUT2D eigenvalue weighted by Gasteiger charge is 2.09. The zero-order valence-electron chi connectivity index (χ0n) is 7.70. The topological polar surface area (TPSA) is 44.1 Å². The van der Waals surface area contributed by atoms with Crippen molar-refractivity contribution in [1.29, 1.82) is 5.26 Å². The number of benzene rings is 1. The van der Waals surface area contributed by atoms with E-state index in [2.05, 4.69) is 0 Å². The summed E-state index contributed by atoms with van der Waals surface area (Å²) in [7, 11) is 1.63. The van der Waals surface area contributed by atoms with E-state index < -0.39 is 0 Å². The maximum Gasteiger partial charge on any atom is 0.240 e. The van der Waals surface area contributed by atoms with Crippen LogP contribution in [0.2, 0.25) is 5.02 Å². The molecule has 0 spiro atoms. The largest absolute Gasteiger partial charge is 0.315 e. The van der Waals surface area contributed by atoms with Crippen molar-refractivity contribution in [3.8, 4) is 6.07 Å². The fourth-order valence-corrected chi connectivity index (χ4v) is 1.12. The highest BCUT2D eigenvalue weighted by atomic mass is 35.5. The van der Waals surface area contributed by atoms with E-state index in [-0.39, 0.29) is 12.3 Å². The molecule has 0 radical (unpaired) electrons. The van der Waals surface area contributed by atoms with Gasteiger partial charge >= 0.3 is 0 Å². The Balaban J connectivity index is 2.80. The number of carbonyl (C=O) groups is 1. The van der Waals surface area contributed by atoms with Crippen molar-refractivity contribution in [3.05, 3.63) is 29.3 Å². The Kier molecular flexibility index (Phi) is 3.49. The van der Waals surface area contributed by atoms with Gasteiger partial charge in [-0.3, -0.25) is 4.79 Å². The SMILES string of the molecule is CN(C(=O)CC#N)c1ccc(Cl)cc1. The number of halogens is 1. The summed E-state index contributed by atoms with van der Waals surface area (Å²) in [5, 5.41) is 8.98. The number of nitriles is 1. The summed E-state index contributed by atoms with van der Waals surface area (Å²) >= 11 is 5.70. The molecule has 0 saturated heterocycles. The minimum Gasteiger partial charge on any atom is -0.315 e. The van der Waals surface area contributed by atoms with Crippen LogP contribution in [0.15, 0.2) is 24.3 Å². The number of hydrogen-bond acceptors (Lipinski definition) is 2. The van der Waals surface area contributed by atoms with Crippen molar-refractivity contribution < 1.29 is 4.79 Å². The normalized spacial score (nSPS) is 9.21. The molecule has 0 aliphatic heterocycles. The van der Waals surface area contributed by atoms with E-state index in [4.69, 9.17) is 16.9 Å². The molecule has 0 aliphatic carbocycles. The third-order valence-corrected chi connectivity index (χ3v) is 2.07. The average Bonchev–Trinajstić information content (AvgIpc) is 2.18. The monoisotopic (exact) mass is 208 g/mol. The molecule has 0 unspecified atom stereocenters. The van der Waals surface area contributed by atoms with Crippen molar-refractivity contribution in [2.45, 2.75) is 6.42 Å². The van der Waals surface area contributed by atoms with Gasteiger partial charge in [-0.25, -0.2) is 0 Å². The Morgan fingerprint density at radius 1 is 1.50 bits per heavy atom. The van der Waals surface area contributed by atoms with Crippen molar-refractivity contribution in [3.63, 3.8) is 0 Å². The summed E-state index contributed by atoms with van der Waals surface area (Å²) in [6, 6.07) is 8.68. The quantitative estimate of drug-likeness (QED) is 0.748. The lowest BCUT2D eigenvalue weighted by atomic mass is 10.3. The van der Waals surface area contributed by atoms with Gasteiger partial charge in [0.2, 0.25) is 5.91 Å². The highest BCUT2D eigenvalue weighted by Crippen LogP contribution is 2.17. The zero-order valence-corrected chi connectivity index (χ0v) is 8.45. The number of anilines is 1. The molecule has 0 aromatic heterocycles. The Bertz CT molecular complexity index is 367. The van der Waals surface area contributed by atoms with E-state index in [0.717, 1.165) is 5.69 Å². The molecule has 0 atom stereocenters. The van der Waals surface area contributed by atoms with Crippen LogP contribution in [0.3, 0.4) is 0 Å². The maximum absolute atomic E-state index is 11.3. The van der Waals surface area contributed by atoms with E-state index in [1.54, 1.807) is 31.3 Å². The second-order valence-electron chi connectivity index (χ2n) is 2.76. The molecule has 0 heterocycles. The average molecular weight is 209 g/mol. The molecular weight excluding hydrogens is 200 g/mol. The molecule has 1 amide bonds. The highest BCUT2D eigenvalue weighted by molar-refractivity contribution is 6.30. The van der Waals surface area contributed by atoms with Crippen LogP contribution in [0.5, 0.6) is 0 Å². The molecule has 4 heteroatoms. The van der Waals surface area contributed by atoms with E-state index in [9.17, 15) is 4.79 Å². The van der Waals surface area contributed by atoms with Gasteiger partial charge in [-0.1, -0.05) is 11.6 Å². The molecule has 1 aromatic carbocycles. The van der Waals surface area contributed by atoms with Crippen molar-refractivity contribution in [2.24, 2.45) is 0 Å². The van der Waals surface area contributed by atoms with Gasteiger partial charge in [0, 0.05) is 17.8 Å². The van der Waals surface area contributed by atoms with Gasteiger partial charge in [0.15, 0.2) is 0 Å². The van der Waals surface area contributed by atoms with Gasteiger partial charge in [0.05, 0.1) is 6.07 Å². The Hall–Kier alpha value is -1.53. The molecule has 0 aliphatic rings. The Labute approximate surface area is 87.5 Å². The summed E-state index contributed by atoms with van der Waals surface area (Å²) in [5.41, 5.74) is 0.731. The third kappa shape index (κ3) is 2.48. The van der Waals surface area contributed by atoms with Gasteiger partial charge in [-0.05, 0) is 24.3 Å². The summed E-state index contributed by atoms with van der Waals surface area (Å²) in [6.45, 7) is 0. The van der Waals surface area contributed by atoms with Crippen LogP contribution in [0.25, 0.3) is 0 Å². The first-order valence-corrected chi connectivity index (χ1v) is 4.42. The van der Waals surface area contributed by atoms with E-state index in [0.29, 0.717) is 5.02 Å². The minimum absolute atomic E-state index is 0.112. The molecule has 1 aromatic rings. The van der Waals surface area contributed by atoms with E-state index in [1.165, 1.54) is 4.90 Å². The van der Waals surface area contributed by atoms with E-state index >= 15 is 0 Å². The second-order valence-corrected chi connectivity index (χ2v) is 3.20. The zero-order chi connectivity index (χ0) is 10.6. The van der Waals surface area contributed by atoms with Crippen LogP contribution in [0.1, 0.15) is 6.42 Å². The van der Waals surface area contributed by atoms with Crippen molar-refractivity contribution in [2.75, 3.05) is 11.9 Å². The summed E-state index contributed by atoms with van der Waals surface area (Å²) < 4.78 is 0. The molecule has 1 rings (SSSR count). The molecular formula is C10H9ClN2O. The Morgan fingerprint density at radius 2 is 2.07 bits per heavy atom. The first-order chi connectivity index (χ1) is 6.65. The standard InChI is InChI=1S/C10H9ClN2O/c1-13(10(14)6-7-12)9-4-2-8(11)3-5-9/h2-5H,6H2,1H3. The molecule has 3 nitrogen and oxygen atoms in total. The lowest BCUT2D eigenvalue weighted by Crippen LogP contribution is -2.25. The van der Waals surface area contributed by atoms with Gasteiger partial charge in [0.25, 0.3) is 0 Å². The lowest BCUT2D eigenvalue weighted by Gasteiger charge is -2.15. The minimum atomic E-state index is -0.227. The summed E-state index contributed by atoms with van der Waals surface area (Å²) in [5.74, 6) is -0.227. The van der Waals surface area contributed by atoms with Crippen LogP contribution < -0.4 is 4.90 Å². The fraction of sp³-hybridized carbons (Fsp3) is 0.200. The maximum atomic E-state index is 11.3. The molecule has 72 valence electrons. The molecule has 0 fully saturated rings. The van der Waals surface area contributed by atoms with Crippen LogP contribution >= 0.6 is 11.6 Å². The number of hydrogen-bond donors (Lipinski definition) is 0. The van der Waals surface area contributed by atoms with Gasteiger partial charge in [-0.2, -0.15) is 5.26 Å². The third-order valence-electron chi connectivity index (χ3n) is 1.82. The summed E-state index contributed by atoms with van der Waals surface area (Å²) in [6.07, 6.45) is -0.112. The number of amides is 1. The van der Waals surface area contributed by atoms with Crippen LogP contribution in [0.4, 0.5) is 5.69 Å². The van der Waals surface area contributed by atoms with Gasteiger partial charge < -0.3 is 4.90 Å². The first kappa shape index (κ1) is 10.6. The first-order valence-electron chi connectivity index (χ1n) is 4.04.